The van der Waals surface area contributed by atoms with Crippen molar-refractivity contribution in [2.45, 2.75) is 30.7 Å². The van der Waals surface area contributed by atoms with E-state index < -0.39 is 19.7 Å². The van der Waals surface area contributed by atoms with Gasteiger partial charge in [-0.15, -0.1) is 0 Å². The summed E-state index contributed by atoms with van der Waals surface area (Å²) in [5, 5.41) is 3.29. The first kappa shape index (κ1) is 16.3. The van der Waals surface area contributed by atoms with E-state index in [1.807, 2.05) is 24.3 Å². The second-order valence-corrected chi connectivity index (χ2v) is 11.4. The maximum absolute atomic E-state index is 12.1. The Morgan fingerprint density at radius 2 is 1.42 bits per heavy atom. The van der Waals surface area contributed by atoms with E-state index in [4.69, 9.17) is 5.73 Å². The number of hydrogen-bond acceptors (Lipinski definition) is 7. The molecular formula is C15H21N3O4S2. The third-order valence-corrected chi connectivity index (χ3v) is 8.70. The molecule has 0 saturated carbocycles. The maximum atomic E-state index is 12.1. The van der Waals surface area contributed by atoms with Crippen LogP contribution in [0.2, 0.25) is 0 Å². The molecule has 3 N–H and O–H groups in total. The zero-order valence-electron chi connectivity index (χ0n) is 13.1. The summed E-state index contributed by atoms with van der Waals surface area (Å²) in [6.45, 7) is 0.537. The number of nitrogens with one attached hydrogen (secondary N) is 1. The Morgan fingerprint density at radius 1 is 0.917 bits per heavy atom. The van der Waals surface area contributed by atoms with Crippen LogP contribution in [0.3, 0.4) is 0 Å². The Balaban J connectivity index is 1.67. The topological polar surface area (TPSA) is 110 Å². The summed E-state index contributed by atoms with van der Waals surface area (Å²) in [6, 6.07) is 6.69. The molecule has 0 bridgehead atoms. The summed E-state index contributed by atoms with van der Waals surface area (Å²) in [4.78, 5) is 2.09. The SMILES string of the molecule is Nc1ccc(CN2[C@@H]3CS(=O)(=O)C[C@@H]3N[C@H]3CS(=O)(=O)C[C@H]32)cc1. The Morgan fingerprint density at radius 3 is 1.92 bits per heavy atom. The molecule has 24 heavy (non-hydrogen) atoms. The molecule has 0 aliphatic carbocycles. The van der Waals surface area contributed by atoms with Gasteiger partial charge in [-0.1, -0.05) is 12.1 Å². The van der Waals surface area contributed by atoms with E-state index in [1.54, 1.807) is 0 Å². The molecular weight excluding hydrogens is 350 g/mol. The number of nitrogens with zero attached hydrogens (tertiary/aromatic N) is 1. The van der Waals surface area contributed by atoms with Gasteiger partial charge in [0.05, 0.1) is 23.0 Å². The molecule has 132 valence electrons. The highest BCUT2D eigenvalue weighted by molar-refractivity contribution is 7.92. The minimum absolute atomic E-state index is 0.0825. The highest BCUT2D eigenvalue weighted by atomic mass is 32.2. The van der Waals surface area contributed by atoms with Crippen LogP contribution in [0.1, 0.15) is 5.56 Å². The molecule has 0 spiro atoms. The zero-order chi connectivity index (χ0) is 17.1. The Labute approximate surface area is 142 Å². The standard InChI is InChI=1S/C15H21N3O4S2/c16-11-3-1-10(2-4-11)5-18-14-8-23(19,20)6-12(14)17-13-7-24(21,22)9-15(13)18/h1-4,12-15,17H,5-9,16H2/t12-,13-,14+,15+/m0/s1. The van der Waals surface area contributed by atoms with Crippen LogP contribution in [0.25, 0.3) is 0 Å². The lowest BCUT2D eigenvalue weighted by atomic mass is 9.96. The van der Waals surface area contributed by atoms with Crippen molar-refractivity contribution in [3.05, 3.63) is 29.8 Å². The molecule has 1 aromatic rings. The van der Waals surface area contributed by atoms with Gasteiger partial charge in [0.1, 0.15) is 0 Å². The largest absolute Gasteiger partial charge is 0.399 e. The quantitative estimate of drug-likeness (QED) is 0.642. The highest BCUT2D eigenvalue weighted by Crippen LogP contribution is 2.32. The molecule has 3 aliphatic rings. The van der Waals surface area contributed by atoms with Crippen LogP contribution in [0.5, 0.6) is 0 Å². The van der Waals surface area contributed by atoms with Gasteiger partial charge in [0.15, 0.2) is 19.7 Å². The van der Waals surface area contributed by atoms with Gasteiger partial charge in [0, 0.05) is 36.4 Å². The van der Waals surface area contributed by atoms with Crippen molar-refractivity contribution in [3.8, 4) is 0 Å². The summed E-state index contributed by atoms with van der Waals surface area (Å²) in [5.41, 5.74) is 7.40. The van der Waals surface area contributed by atoms with Crippen LogP contribution >= 0.6 is 0 Å². The third-order valence-electron chi connectivity index (χ3n) is 5.27. The van der Waals surface area contributed by atoms with Gasteiger partial charge in [-0.05, 0) is 17.7 Å². The third kappa shape index (κ3) is 2.94. The molecule has 9 heteroatoms. The van der Waals surface area contributed by atoms with E-state index in [9.17, 15) is 16.8 Å². The molecule has 1 aromatic carbocycles. The summed E-state index contributed by atoms with van der Waals surface area (Å²) >= 11 is 0. The van der Waals surface area contributed by atoms with E-state index in [0.717, 1.165) is 5.56 Å². The smallest absolute Gasteiger partial charge is 0.153 e. The van der Waals surface area contributed by atoms with E-state index in [0.29, 0.717) is 12.2 Å². The lowest BCUT2D eigenvalue weighted by Gasteiger charge is -2.45. The van der Waals surface area contributed by atoms with E-state index in [2.05, 4.69) is 10.2 Å². The zero-order valence-corrected chi connectivity index (χ0v) is 14.8. The number of piperazine rings is 1. The second kappa shape index (κ2) is 5.42. The molecule has 3 heterocycles. The molecule has 0 aromatic heterocycles. The molecule has 7 nitrogen and oxygen atoms in total. The Bertz CT molecular complexity index is 803. The van der Waals surface area contributed by atoms with Crippen LogP contribution in [0.15, 0.2) is 24.3 Å². The Hall–Kier alpha value is -1.16. The number of benzene rings is 1. The van der Waals surface area contributed by atoms with Gasteiger partial charge in [-0.2, -0.15) is 0 Å². The first-order chi connectivity index (χ1) is 11.2. The molecule has 0 unspecified atom stereocenters. The number of anilines is 1. The van der Waals surface area contributed by atoms with Crippen LogP contribution in [0.4, 0.5) is 5.69 Å². The first-order valence-corrected chi connectivity index (χ1v) is 11.6. The molecule has 3 fully saturated rings. The van der Waals surface area contributed by atoms with Crippen molar-refractivity contribution in [2.75, 3.05) is 28.7 Å². The molecule has 3 saturated heterocycles. The maximum Gasteiger partial charge on any atom is 0.153 e. The summed E-state index contributed by atoms with van der Waals surface area (Å²) in [6.07, 6.45) is 0. The molecule has 3 aliphatic heterocycles. The van der Waals surface area contributed by atoms with Gasteiger partial charge in [-0.25, -0.2) is 16.8 Å². The van der Waals surface area contributed by atoms with E-state index in [-0.39, 0.29) is 47.2 Å². The predicted octanol–water partition coefficient (Wildman–Crippen LogP) is -0.995. The molecule has 4 atom stereocenters. The normalized spacial score (nSPS) is 37.0. The van der Waals surface area contributed by atoms with Crippen LogP contribution in [-0.4, -0.2) is 68.9 Å². The van der Waals surface area contributed by atoms with Crippen LogP contribution in [-0.2, 0) is 26.2 Å². The fourth-order valence-corrected chi connectivity index (χ4v) is 8.11. The summed E-state index contributed by atoms with van der Waals surface area (Å²) in [5.74, 6) is 0.337. The van der Waals surface area contributed by atoms with Crippen LogP contribution < -0.4 is 11.1 Å². The lowest BCUT2D eigenvalue weighted by Crippen LogP contribution is -2.66. The van der Waals surface area contributed by atoms with Crippen LogP contribution in [0, 0.1) is 0 Å². The predicted molar refractivity (Wildman–Crippen MR) is 92.0 cm³/mol. The van der Waals surface area contributed by atoms with Gasteiger partial charge in [-0.3, -0.25) is 4.90 Å². The van der Waals surface area contributed by atoms with Gasteiger partial charge < -0.3 is 11.1 Å². The minimum atomic E-state index is -3.09. The molecule has 0 radical (unpaired) electrons. The van der Waals surface area contributed by atoms with E-state index >= 15 is 0 Å². The molecule has 0 amide bonds. The average molecular weight is 371 g/mol. The van der Waals surface area contributed by atoms with E-state index in [1.165, 1.54) is 0 Å². The minimum Gasteiger partial charge on any atom is -0.399 e. The van der Waals surface area contributed by atoms with Gasteiger partial charge in [0.2, 0.25) is 0 Å². The van der Waals surface area contributed by atoms with Crippen molar-refractivity contribution >= 4 is 25.4 Å². The van der Waals surface area contributed by atoms with Crippen molar-refractivity contribution < 1.29 is 16.8 Å². The monoisotopic (exact) mass is 371 g/mol. The number of hydrogen-bond donors (Lipinski definition) is 2. The average Bonchev–Trinajstić information content (AvgIpc) is 2.94. The summed E-state index contributed by atoms with van der Waals surface area (Å²) < 4.78 is 48.3. The fraction of sp³-hybridized carbons (Fsp3) is 0.600. The lowest BCUT2D eigenvalue weighted by molar-refractivity contribution is 0.0678. The Kier molecular flexibility index (Phi) is 3.68. The van der Waals surface area contributed by atoms with Gasteiger partial charge in [0.25, 0.3) is 0 Å². The van der Waals surface area contributed by atoms with Crippen molar-refractivity contribution in [2.24, 2.45) is 0 Å². The number of sulfone groups is 2. The molecule has 4 rings (SSSR count). The number of rotatable bonds is 2. The van der Waals surface area contributed by atoms with Crippen molar-refractivity contribution in [1.82, 2.24) is 10.2 Å². The number of nitrogen functional groups attached to an aromatic ring is 1. The first-order valence-electron chi connectivity index (χ1n) is 7.99. The number of fused-ring (bicyclic) bond motifs is 2. The van der Waals surface area contributed by atoms with Crippen molar-refractivity contribution in [3.63, 3.8) is 0 Å². The summed E-state index contributed by atoms with van der Waals surface area (Å²) in [7, 11) is -6.19. The highest BCUT2D eigenvalue weighted by Gasteiger charge is 2.53. The fourth-order valence-electron chi connectivity index (χ4n) is 4.22. The number of nitrogens with two attached hydrogens (primary N) is 1. The van der Waals surface area contributed by atoms with Crippen molar-refractivity contribution in [1.29, 1.82) is 0 Å². The van der Waals surface area contributed by atoms with Gasteiger partial charge >= 0.3 is 0 Å². The second-order valence-electron chi connectivity index (χ2n) is 7.08.